The standard InChI is InChI=1S/C21H28N4O/c1-4-24-20-18(14(2)22)25-19(21(3,23)26-20)17-12-10-16(11-13-17)15-8-6-5-7-9-15/h4,10-13,15H,1,5-9,22-23H2,2-3H3/b18-14-,24-20?. The Labute approximate surface area is 155 Å². The van der Waals surface area contributed by atoms with Crippen molar-refractivity contribution in [3.8, 4) is 0 Å². The number of nitrogens with zero attached hydrogens (tertiary/aromatic N) is 2. The van der Waals surface area contributed by atoms with E-state index in [1.54, 1.807) is 13.8 Å². The highest BCUT2D eigenvalue weighted by molar-refractivity contribution is 6.13. The zero-order chi connectivity index (χ0) is 18.7. The van der Waals surface area contributed by atoms with E-state index in [1.165, 1.54) is 43.9 Å². The number of hydrogen-bond donors (Lipinski definition) is 2. The van der Waals surface area contributed by atoms with Crippen molar-refractivity contribution >= 4 is 11.6 Å². The van der Waals surface area contributed by atoms with Crippen LogP contribution in [-0.4, -0.2) is 17.3 Å². The van der Waals surface area contributed by atoms with E-state index in [1.807, 2.05) is 0 Å². The van der Waals surface area contributed by atoms with Crippen molar-refractivity contribution in [1.29, 1.82) is 0 Å². The van der Waals surface area contributed by atoms with Gasteiger partial charge in [-0.05, 0) is 38.2 Å². The molecule has 4 N–H and O–H groups in total. The van der Waals surface area contributed by atoms with E-state index in [-0.39, 0.29) is 0 Å². The molecule has 1 aliphatic carbocycles. The topological polar surface area (TPSA) is 86.0 Å². The van der Waals surface area contributed by atoms with E-state index in [0.717, 1.165) is 5.56 Å². The zero-order valence-corrected chi connectivity index (χ0v) is 15.7. The Hall–Kier alpha value is -2.40. The largest absolute Gasteiger partial charge is 0.449 e. The number of benzene rings is 1. The van der Waals surface area contributed by atoms with Crippen LogP contribution in [0.4, 0.5) is 0 Å². The molecular weight excluding hydrogens is 324 g/mol. The van der Waals surface area contributed by atoms with Crippen molar-refractivity contribution in [2.45, 2.75) is 57.6 Å². The predicted octanol–water partition coefficient (Wildman–Crippen LogP) is 3.96. The molecule has 26 heavy (non-hydrogen) atoms. The SMILES string of the molecule is C=CN=C1OC(C)(N)C(c2ccc(C3CCCCC3)cc2)=N/C1=C(/C)N. The van der Waals surface area contributed by atoms with Crippen LogP contribution in [0.1, 0.15) is 63.0 Å². The van der Waals surface area contributed by atoms with Crippen molar-refractivity contribution in [3.05, 3.63) is 59.6 Å². The summed E-state index contributed by atoms with van der Waals surface area (Å²) < 4.78 is 5.89. The lowest BCUT2D eigenvalue weighted by molar-refractivity contribution is 0.151. The molecule has 1 fully saturated rings. The third-order valence-corrected chi connectivity index (χ3v) is 5.05. The normalized spacial score (nSPS) is 27.7. The van der Waals surface area contributed by atoms with Crippen LogP contribution in [0.15, 0.2) is 58.4 Å². The second-order valence-electron chi connectivity index (χ2n) is 7.27. The lowest BCUT2D eigenvalue weighted by Gasteiger charge is -2.33. The lowest BCUT2D eigenvalue weighted by Crippen LogP contribution is -2.52. The maximum Gasteiger partial charge on any atom is 0.243 e. The van der Waals surface area contributed by atoms with Crippen molar-refractivity contribution < 1.29 is 4.74 Å². The molecule has 1 heterocycles. The molecule has 138 valence electrons. The Morgan fingerprint density at radius 3 is 2.50 bits per heavy atom. The predicted molar refractivity (Wildman–Crippen MR) is 107 cm³/mol. The van der Waals surface area contributed by atoms with Gasteiger partial charge in [0.2, 0.25) is 11.6 Å². The molecule has 0 saturated heterocycles. The van der Waals surface area contributed by atoms with Gasteiger partial charge in [0.1, 0.15) is 11.4 Å². The van der Waals surface area contributed by atoms with Gasteiger partial charge in [-0.15, -0.1) is 0 Å². The van der Waals surface area contributed by atoms with Gasteiger partial charge in [-0.2, -0.15) is 0 Å². The van der Waals surface area contributed by atoms with Gasteiger partial charge < -0.3 is 10.5 Å². The first kappa shape index (κ1) is 18.4. The molecule has 1 aromatic carbocycles. The molecule has 1 unspecified atom stereocenters. The minimum atomic E-state index is -1.09. The number of rotatable bonds is 3. The Bertz CT molecular complexity index is 762. The Morgan fingerprint density at radius 1 is 1.27 bits per heavy atom. The Morgan fingerprint density at radius 2 is 1.92 bits per heavy atom. The first-order valence-electron chi connectivity index (χ1n) is 9.25. The van der Waals surface area contributed by atoms with Gasteiger partial charge in [0.05, 0.1) is 0 Å². The maximum atomic E-state index is 6.39. The summed E-state index contributed by atoms with van der Waals surface area (Å²) in [4.78, 5) is 8.81. The maximum absolute atomic E-state index is 6.39. The molecule has 0 aromatic heterocycles. The summed E-state index contributed by atoms with van der Waals surface area (Å²) >= 11 is 0. The number of allylic oxidation sites excluding steroid dienone is 1. The number of aliphatic imine (C=N–C) groups is 2. The van der Waals surface area contributed by atoms with E-state index in [2.05, 4.69) is 40.8 Å². The summed E-state index contributed by atoms with van der Waals surface area (Å²) in [5, 5.41) is 0. The van der Waals surface area contributed by atoms with Crippen LogP contribution in [0.2, 0.25) is 0 Å². The van der Waals surface area contributed by atoms with Crippen molar-refractivity contribution in [2.75, 3.05) is 0 Å². The molecule has 0 amide bonds. The van der Waals surface area contributed by atoms with Gasteiger partial charge in [0.15, 0.2) is 0 Å². The summed E-state index contributed by atoms with van der Waals surface area (Å²) in [5.74, 6) is 0.965. The molecule has 0 spiro atoms. The quantitative estimate of drug-likeness (QED) is 0.863. The average molecular weight is 352 g/mol. The minimum absolute atomic E-state index is 0.299. The minimum Gasteiger partial charge on any atom is -0.449 e. The van der Waals surface area contributed by atoms with Gasteiger partial charge in [-0.25, -0.2) is 9.98 Å². The molecular formula is C21H28N4O. The summed E-state index contributed by atoms with van der Waals surface area (Å²) in [7, 11) is 0. The van der Waals surface area contributed by atoms with Gasteiger partial charge in [0, 0.05) is 17.5 Å². The number of hydrogen-bond acceptors (Lipinski definition) is 5. The van der Waals surface area contributed by atoms with E-state index in [4.69, 9.17) is 16.2 Å². The summed E-state index contributed by atoms with van der Waals surface area (Å²) in [5.41, 5.74) is 15.3. The van der Waals surface area contributed by atoms with E-state index in [0.29, 0.717) is 28.9 Å². The highest BCUT2D eigenvalue weighted by Gasteiger charge is 2.36. The molecule has 0 radical (unpaired) electrons. The Kier molecular flexibility index (Phi) is 5.28. The number of nitrogens with two attached hydrogens (primary N) is 2. The van der Waals surface area contributed by atoms with E-state index < -0.39 is 5.72 Å². The van der Waals surface area contributed by atoms with Gasteiger partial charge in [-0.3, -0.25) is 5.73 Å². The summed E-state index contributed by atoms with van der Waals surface area (Å²) in [6.07, 6.45) is 7.95. The molecule has 1 aromatic rings. The lowest BCUT2D eigenvalue weighted by atomic mass is 9.83. The second-order valence-corrected chi connectivity index (χ2v) is 7.27. The molecule has 1 atom stereocenters. The van der Waals surface area contributed by atoms with Crippen molar-refractivity contribution in [1.82, 2.24) is 0 Å². The molecule has 1 aliphatic heterocycles. The summed E-state index contributed by atoms with van der Waals surface area (Å²) in [6, 6.07) is 8.54. The van der Waals surface area contributed by atoms with Gasteiger partial charge in [-0.1, -0.05) is 50.1 Å². The van der Waals surface area contributed by atoms with Gasteiger partial charge in [0.25, 0.3) is 0 Å². The Balaban J connectivity index is 1.96. The summed E-state index contributed by atoms with van der Waals surface area (Å²) in [6.45, 7) is 7.15. The monoisotopic (exact) mass is 352 g/mol. The van der Waals surface area contributed by atoms with Crippen molar-refractivity contribution in [3.63, 3.8) is 0 Å². The number of ether oxygens (including phenoxy) is 1. The molecule has 2 aliphatic rings. The first-order valence-corrected chi connectivity index (χ1v) is 9.25. The van der Waals surface area contributed by atoms with Gasteiger partial charge >= 0.3 is 0 Å². The fraction of sp³-hybridized carbons (Fsp3) is 0.429. The van der Waals surface area contributed by atoms with Crippen molar-refractivity contribution in [2.24, 2.45) is 21.5 Å². The highest BCUT2D eigenvalue weighted by atomic mass is 16.5. The van der Waals surface area contributed by atoms with Crippen LogP contribution < -0.4 is 11.5 Å². The van der Waals surface area contributed by atoms with Crippen LogP contribution in [0, 0.1) is 0 Å². The fourth-order valence-corrected chi connectivity index (χ4v) is 3.70. The van der Waals surface area contributed by atoms with Crippen LogP contribution in [0.3, 0.4) is 0 Å². The molecule has 5 nitrogen and oxygen atoms in total. The highest BCUT2D eigenvalue weighted by Crippen LogP contribution is 2.33. The molecule has 3 rings (SSSR count). The molecule has 0 bridgehead atoms. The van der Waals surface area contributed by atoms with E-state index in [9.17, 15) is 0 Å². The zero-order valence-electron chi connectivity index (χ0n) is 15.7. The first-order chi connectivity index (χ1) is 12.4. The second kappa shape index (κ2) is 7.46. The van der Waals surface area contributed by atoms with Crippen LogP contribution in [0.5, 0.6) is 0 Å². The fourth-order valence-electron chi connectivity index (χ4n) is 3.70. The van der Waals surface area contributed by atoms with Crippen LogP contribution in [0.25, 0.3) is 0 Å². The average Bonchev–Trinajstić information content (AvgIpc) is 2.62. The third-order valence-electron chi connectivity index (χ3n) is 5.05. The molecule has 5 heteroatoms. The third kappa shape index (κ3) is 3.73. The smallest absolute Gasteiger partial charge is 0.243 e. The van der Waals surface area contributed by atoms with Crippen LogP contribution >= 0.6 is 0 Å². The van der Waals surface area contributed by atoms with Crippen LogP contribution in [-0.2, 0) is 4.74 Å². The van der Waals surface area contributed by atoms with E-state index >= 15 is 0 Å². The molecule has 1 saturated carbocycles.